The molecule has 1 aromatic rings. The molecule has 1 aliphatic rings. The zero-order valence-electron chi connectivity index (χ0n) is 9.11. The number of hydrogen-bond donors (Lipinski definition) is 0. The fourth-order valence-electron chi connectivity index (χ4n) is 1.21. The minimum Gasteiger partial charge on any atom is -0.418 e. The van der Waals surface area contributed by atoms with E-state index in [-0.39, 0.29) is 0 Å². The summed E-state index contributed by atoms with van der Waals surface area (Å²) in [6.07, 6.45) is 8.52. The number of allylic oxidation sites excluding steroid dienone is 1. The van der Waals surface area contributed by atoms with Gasteiger partial charge in [0.15, 0.2) is 0 Å². The summed E-state index contributed by atoms with van der Waals surface area (Å²) in [6.45, 7) is 6.45. The molecule has 0 N–H and O–H groups in total. The molecule has 0 amide bonds. The second-order valence-corrected chi connectivity index (χ2v) is 3.55. The molecule has 0 bridgehead atoms. The predicted octanol–water partition coefficient (Wildman–Crippen LogP) is 1.66. The molecular formula is C9H13BF4N2O. The van der Waals surface area contributed by atoms with Gasteiger partial charge in [-0.15, -0.1) is 0 Å². The molecule has 1 aromatic heterocycles. The van der Waals surface area contributed by atoms with Gasteiger partial charge >= 0.3 is 7.25 Å². The van der Waals surface area contributed by atoms with Crippen molar-refractivity contribution >= 4 is 7.25 Å². The predicted molar refractivity (Wildman–Crippen MR) is 54.8 cm³/mol. The van der Waals surface area contributed by atoms with E-state index in [1.165, 1.54) is 0 Å². The number of aromatic nitrogens is 2. The lowest BCUT2D eigenvalue weighted by molar-refractivity contribution is -0.697. The highest BCUT2D eigenvalue weighted by Gasteiger charge is 2.25. The van der Waals surface area contributed by atoms with Gasteiger partial charge < -0.3 is 22.0 Å². The largest absolute Gasteiger partial charge is 0.673 e. The van der Waals surface area contributed by atoms with Crippen molar-refractivity contribution in [3.05, 3.63) is 31.4 Å². The molecule has 2 heterocycles. The third kappa shape index (κ3) is 7.56. The van der Waals surface area contributed by atoms with Crippen molar-refractivity contribution in [2.45, 2.75) is 19.2 Å². The van der Waals surface area contributed by atoms with Gasteiger partial charge in [0, 0.05) is 0 Å². The lowest BCUT2D eigenvalue weighted by atomic mass is 10.3. The Kier molecular flexibility index (Phi) is 4.74. The van der Waals surface area contributed by atoms with Crippen molar-refractivity contribution < 1.29 is 26.6 Å². The first-order valence-corrected chi connectivity index (χ1v) is 5.03. The van der Waals surface area contributed by atoms with Crippen molar-refractivity contribution in [1.29, 1.82) is 0 Å². The molecule has 0 aromatic carbocycles. The van der Waals surface area contributed by atoms with E-state index in [9.17, 15) is 17.3 Å². The van der Waals surface area contributed by atoms with Gasteiger partial charge in [-0.2, -0.15) is 0 Å². The van der Waals surface area contributed by atoms with E-state index in [2.05, 4.69) is 28.2 Å². The standard InChI is InChI=1S/C9H13N2O.BF4/c1-2-3-10-4-5-11(8-10)6-9-7-12-9;2-1(3,4)5/h2,4-5,8-9H,1,3,6-7H2;/q+1;-1. The third-order valence-corrected chi connectivity index (χ3v) is 1.90. The summed E-state index contributed by atoms with van der Waals surface area (Å²) < 4.78 is 48.4. The molecule has 0 aliphatic carbocycles. The van der Waals surface area contributed by atoms with Crippen molar-refractivity contribution in [3.63, 3.8) is 0 Å². The van der Waals surface area contributed by atoms with Crippen molar-refractivity contribution in [2.24, 2.45) is 0 Å². The molecule has 1 fully saturated rings. The Bertz CT molecular complexity index is 356. The number of rotatable bonds is 4. The molecule has 1 saturated heterocycles. The summed E-state index contributed by atoms with van der Waals surface area (Å²) in [5.74, 6) is 0. The first kappa shape index (κ1) is 13.8. The van der Waals surface area contributed by atoms with Crippen LogP contribution in [0.15, 0.2) is 31.4 Å². The van der Waals surface area contributed by atoms with E-state index in [1.54, 1.807) is 0 Å². The Morgan fingerprint density at radius 1 is 1.47 bits per heavy atom. The average Bonchev–Trinajstić information content (AvgIpc) is 2.85. The first-order valence-electron chi connectivity index (χ1n) is 5.03. The summed E-state index contributed by atoms with van der Waals surface area (Å²) >= 11 is 0. The molecule has 0 spiro atoms. The van der Waals surface area contributed by atoms with Crippen molar-refractivity contribution in [3.8, 4) is 0 Å². The number of ether oxygens (including phenoxy) is 1. The number of imidazole rings is 1. The van der Waals surface area contributed by atoms with Crippen LogP contribution in [0, 0.1) is 0 Å². The van der Waals surface area contributed by atoms with Gasteiger partial charge in [-0.1, -0.05) is 12.7 Å². The highest BCUT2D eigenvalue weighted by atomic mass is 19.5. The minimum absolute atomic E-state index is 0.453. The van der Waals surface area contributed by atoms with Crippen LogP contribution in [0.3, 0.4) is 0 Å². The SMILES string of the molecule is C=CCn1cc[n+](CC2CO2)c1.F[B-](F)(F)F. The molecule has 17 heavy (non-hydrogen) atoms. The molecular weight excluding hydrogens is 239 g/mol. The molecule has 96 valence electrons. The highest BCUT2D eigenvalue weighted by Crippen LogP contribution is 2.07. The Morgan fingerprint density at radius 3 is 2.53 bits per heavy atom. The number of epoxide rings is 1. The van der Waals surface area contributed by atoms with Crippen LogP contribution in [0.2, 0.25) is 0 Å². The highest BCUT2D eigenvalue weighted by molar-refractivity contribution is 6.50. The van der Waals surface area contributed by atoms with E-state index in [1.807, 2.05) is 12.3 Å². The maximum atomic E-state index is 9.75. The van der Waals surface area contributed by atoms with Crippen LogP contribution >= 0.6 is 0 Å². The monoisotopic (exact) mass is 252 g/mol. The number of hydrogen-bond acceptors (Lipinski definition) is 1. The molecule has 1 unspecified atom stereocenters. The summed E-state index contributed by atoms with van der Waals surface area (Å²) in [7, 11) is -6.00. The van der Waals surface area contributed by atoms with E-state index in [4.69, 9.17) is 4.74 Å². The van der Waals surface area contributed by atoms with Gasteiger partial charge in [-0.3, -0.25) is 0 Å². The molecule has 8 heteroatoms. The zero-order chi connectivity index (χ0) is 12.9. The molecule has 0 saturated carbocycles. The average molecular weight is 252 g/mol. The van der Waals surface area contributed by atoms with Gasteiger partial charge in [0.05, 0.1) is 6.61 Å². The molecule has 2 rings (SSSR count). The number of nitrogens with zero attached hydrogens (tertiary/aromatic N) is 2. The van der Waals surface area contributed by atoms with Crippen molar-refractivity contribution in [2.75, 3.05) is 6.61 Å². The van der Waals surface area contributed by atoms with Gasteiger partial charge in [-0.25, -0.2) is 9.13 Å². The third-order valence-electron chi connectivity index (χ3n) is 1.90. The maximum absolute atomic E-state index is 9.75. The Balaban J connectivity index is 0.000000249. The molecule has 0 radical (unpaired) electrons. The maximum Gasteiger partial charge on any atom is 0.673 e. The Morgan fingerprint density at radius 2 is 2.06 bits per heavy atom. The van der Waals surface area contributed by atoms with Gasteiger partial charge in [0.25, 0.3) is 0 Å². The fourth-order valence-corrected chi connectivity index (χ4v) is 1.21. The minimum atomic E-state index is -6.00. The van der Waals surface area contributed by atoms with Gasteiger partial charge in [-0.05, 0) is 0 Å². The smallest absolute Gasteiger partial charge is 0.418 e. The Hall–Kier alpha value is -1.31. The van der Waals surface area contributed by atoms with Crippen LogP contribution < -0.4 is 4.57 Å². The van der Waals surface area contributed by atoms with Gasteiger partial charge in [0.2, 0.25) is 6.33 Å². The van der Waals surface area contributed by atoms with Crippen LogP contribution in [0.4, 0.5) is 17.3 Å². The first-order chi connectivity index (χ1) is 7.88. The molecule has 3 nitrogen and oxygen atoms in total. The van der Waals surface area contributed by atoms with E-state index in [0.29, 0.717) is 6.10 Å². The van der Waals surface area contributed by atoms with Crippen LogP contribution in [0.1, 0.15) is 0 Å². The van der Waals surface area contributed by atoms with E-state index in [0.717, 1.165) is 19.7 Å². The fraction of sp³-hybridized carbons (Fsp3) is 0.444. The van der Waals surface area contributed by atoms with E-state index >= 15 is 0 Å². The topological polar surface area (TPSA) is 21.3 Å². The summed E-state index contributed by atoms with van der Waals surface area (Å²) in [5.41, 5.74) is 0. The number of halogens is 4. The zero-order valence-corrected chi connectivity index (χ0v) is 9.11. The lowest BCUT2D eigenvalue weighted by Crippen LogP contribution is -2.33. The van der Waals surface area contributed by atoms with Gasteiger partial charge in [0.1, 0.15) is 31.6 Å². The second-order valence-electron chi connectivity index (χ2n) is 3.55. The normalized spacial score (nSPS) is 18.2. The quantitative estimate of drug-likeness (QED) is 0.262. The van der Waals surface area contributed by atoms with Crippen LogP contribution in [0.5, 0.6) is 0 Å². The summed E-state index contributed by atoms with van der Waals surface area (Å²) in [6, 6.07) is 0. The van der Waals surface area contributed by atoms with Crippen LogP contribution in [-0.4, -0.2) is 24.5 Å². The molecule has 1 atom stereocenters. The Labute approximate surface area is 96.4 Å². The van der Waals surface area contributed by atoms with Crippen molar-refractivity contribution in [1.82, 2.24) is 4.57 Å². The second kappa shape index (κ2) is 5.86. The lowest BCUT2D eigenvalue weighted by Gasteiger charge is -1.94. The summed E-state index contributed by atoms with van der Waals surface area (Å²) in [4.78, 5) is 0. The van der Waals surface area contributed by atoms with Crippen LogP contribution in [0.25, 0.3) is 0 Å². The van der Waals surface area contributed by atoms with Crippen LogP contribution in [-0.2, 0) is 17.8 Å². The molecule has 1 aliphatic heterocycles. The van der Waals surface area contributed by atoms with E-state index < -0.39 is 7.25 Å². The summed E-state index contributed by atoms with van der Waals surface area (Å²) in [5, 5.41) is 0.